The van der Waals surface area contributed by atoms with Gasteiger partial charge in [-0.05, 0) is 56.2 Å². The lowest BCUT2D eigenvalue weighted by Crippen LogP contribution is -2.38. The number of thiazole rings is 1. The van der Waals surface area contributed by atoms with Gasteiger partial charge in [0.2, 0.25) is 5.91 Å². The van der Waals surface area contributed by atoms with E-state index >= 15 is 0 Å². The Morgan fingerprint density at radius 2 is 1.93 bits per heavy atom. The molecule has 1 amide bonds. The van der Waals surface area contributed by atoms with E-state index < -0.39 is 0 Å². The minimum Gasteiger partial charge on any atom is -0.494 e. The van der Waals surface area contributed by atoms with Gasteiger partial charge in [-0.15, -0.1) is 23.1 Å². The van der Waals surface area contributed by atoms with Crippen molar-refractivity contribution in [3.63, 3.8) is 0 Å². The average molecular weight is 413 g/mol. The van der Waals surface area contributed by atoms with Crippen molar-refractivity contribution in [2.75, 3.05) is 25.4 Å². The number of ether oxygens (including phenoxy) is 1. The summed E-state index contributed by atoms with van der Waals surface area (Å²) in [4.78, 5) is 20.5. The number of likely N-dealkylation sites (tertiary alicyclic amines) is 1. The summed E-state index contributed by atoms with van der Waals surface area (Å²) in [5.41, 5.74) is 1.09. The topological polar surface area (TPSA) is 42.4 Å². The maximum absolute atomic E-state index is 12.6. The van der Waals surface area contributed by atoms with Crippen molar-refractivity contribution < 1.29 is 9.53 Å². The monoisotopic (exact) mass is 412 g/mol. The molecule has 28 heavy (non-hydrogen) atoms. The van der Waals surface area contributed by atoms with Gasteiger partial charge in [0.15, 0.2) is 0 Å². The molecule has 1 fully saturated rings. The van der Waals surface area contributed by atoms with Crippen LogP contribution in [0, 0.1) is 0 Å². The van der Waals surface area contributed by atoms with Crippen molar-refractivity contribution in [1.82, 2.24) is 9.88 Å². The van der Waals surface area contributed by atoms with Crippen LogP contribution in [-0.4, -0.2) is 41.2 Å². The number of nitrogens with zero attached hydrogens (tertiary/aromatic N) is 2. The second kappa shape index (κ2) is 8.97. The third-order valence-electron chi connectivity index (χ3n) is 5.00. The molecule has 1 aliphatic rings. The third-order valence-corrected chi connectivity index (χ3v) is 7.20. The summed E-state index contributed by atoms with van der Waals surface area (Å²) in [6.45, 7) is 4.28. The van der Waals surface area contributed by atoms with Crippen LogP contribution in [0.2, 0.25) is 0 Å². The molecule has 2 heterocycles. The molecule has 0 spiro atoms. The van der Waals surface area contributed by atoms with E-state index in [-0.39, 0.29) is 5.91 Å². The summed E-state index contributed by atoms with van der Waals surface area (Å²) < 4.78 is 6.71. The fourth-order valence-corrected chi connectivity index (χ4v) is 5.41. The van der Waals surface area contributed by atoms with Gasteiger partial charge in [0.25, 0.3) is 0 Å². The van der Waals surface area contributed by atoms with E-state index in [4.69, 9.17) is 9.72 Å². The van der Waals surface area contributed by atoms with Gasteiger partial charge in [0.1, 0.15) is 5.75 Å². The molecule has 0 saturated carbocycles. The normalized spacial score (nSPS) is 15.1. The Hall–Kier alpha value is -2.05. The van der Waals surface area contributed by atoms with E-state index in [0.717, 1.165) is 42.1 Å². The number of benzene rings is 2. The fraction of sp³-hybridized carbons (Fsp3) is 0.364. The van der Waals surface area contributed by atoms with Crippen LogP contribution in [0.25, 0.3) is 10.2 Å². The van der Waals surface area contributed by atoms with E-state index in [1.54, 1.807) is 23.1 Å². The number of amides is 1. The third kappa shape index (κ3) is 4.50. The SMILES string of the molecule is CCOc1ccc(SCC(=O)N2CCC(c3nc4ccccc4s3)CC2)cc1. The highest BCUT2D eigenvalue weighted by Gasteiger charge is 2.25. The van der Waals surface area contributed by atoms with Crippen LogP contribution in [-0.2, 0) is 4.79 Å². The number of carbonyl (C=O) groups is 1. The van der Waals surface area contributed by atoms with Gasteiger partial charge in [-0.25, -0.2) is 4.98 Å². The molecular formula is C22H24N2O2S2. The molecule has 1 aliphatic heterocycles. The smallest absolute Gasteiger partial charge is 0.232 e. The second-order valence-corrected chi connectivity index (χ2v) is 8.98. The predicted molar refractivity (Wildman–Crippen MR) is 117 cm³/mol. The van der Waals surface area contributed by atoms with Crippen molar-refractivity contribution >= 4 is 39.2 Å². The van der Waals surface area contributed by atoms with E-state index in [9.17, 15) is 4.79 Å². The van der Waals surface area contributed by atoms with Gasteiger partial charge < -0.3 is 9.64 Å². The van der Waals surface area contributed by atoms with Crippen LogP contribution in [0.3, 0.4) is 0 Å². The Bertz CT molecular complexity index is 898. The first-order valence-electron chi connectivity index (χ1n) is 9.72. The van der Waals surface area contributed by atoms with Crippen LogP contribution >= 0.6 is 23.1 Å². The van der Waals surface area contributed by atoms with Gasteiger partial charge in [0.05, 0.1) is 27.6 Å². The molecule has 0 radical (unpaired) electrons. The molecule has 3 aromatic rings. The number of para-hydroxylation sites is 1. The molecule has 0 bridgehead atoms. The molecule has 6 heteroatoms. The highest BCUT2D eigenvalue weighted by molar-refractivity contribution is 8.00. The summed E-state index contributed by atoms with van der Waals surface area (Å²) in [6.07, 6.45) is 2.00. The van der Waals surface area contributed by atoms with Crippen LogP contribution in [0.15, 0.2) is 53.4 Å². The number of carbonyl (C=O) groups excluding carboxylic acids is 1. The maximum Gasteiger partial charge on any atom is 0.232 e. The number of aromatic nitrogens is 1. The zero-order chi connectivity index (χ0) is 19.3. The standard InChI is InChI=1S/C22H24N2O2S2/c1-2-26-17-7-9-18(10-8-17)27-15-21(25)24-13-11-16(12-14-24)22-23-19-5-3-4-6-20(19)28-22/h3-10,16H,2,11-15H2,1H3. The van der Waals surface area contributed by atoms with Crippen molar-refractivity contribution in [2.24, 2.45) is 0 Å². The maximum atomic E-state index is 12.6. The molecule has 4 rings (SSSR count). The van der Waals surface area contributed by atoms with Crippen LogP contribution < -0.4 is 4.74 Å². The molecule has 1 aromatic heterocycles. The minimum absolute atomic E-state index is 0.224. The zero-order valence-corrected chi connectivity index (χ0v) is 17.6. The lowest BCUT2D eigenvalue weighted by Gasteiger charge is -2.31. The molecule has 0 unspecified atom stereocenters. The van der Waals surface area contributed by atoms with E-state index in [0.29, 0.717) is 18.3 Å². The lowest BCUT2D eigenvalue weighted by atomic mass is 9.97. The molecule has 0 aliphatic carbocycles. The first-order valence-corrected chi connectivity index (χ1v) is 11.5. The highest BCUT2D eigenvalue weighted by Crippen LogP contribution is 2.34. The number of fused-ring (bicyclic) bond motifs is 1. The second-order valence-electron chi connectivity index (χ2n) is 6.87. The van der Waals surface area contributed by atoms with Gasteiger partial charge >= 0.3 is 0 Å². The number of piperidine rings is 1. The number of thioether (sulfide) groups is 1. The van der Waals surface area contributed by atoms with E-state index in [1.165, 1.54) is 9.71 Å². The molecule has 146 valence electrons. The average Bonchev–Trinajstić information content (AvgIpc) is 3.18. The van der Waals surface area contributed by atoms with Crippen LogP contribution in [0.4, 0.5) is 0 Å². The Morgan fingerprint density at radius 3 is 2.64 bits per heavy atom. The quantitative estimate of drug-likeness (QED) is 0.522. The van der Waals surface area contributed by atoms with Gasteiger partial charge in [-0.2, -0.15) is 0 Å². The largest absolute Gasteiger partial charge is 0.494 e. The predicted octanol–water partition coefficient (Wildman–Crippen LogP) is 5.19. The van der Waals surface area contributed by atoms with Gasteiger partial charge in [0, 0.05) is 23.9 Å². The van der Waals surface area contributed by atoms with E-state index in [2.05, 4.69) is 18.2 Å². The van der Waals surface area contributed by atoms with Gasteiger partial charge in [-0.1, -0.05) is 12.1 Å². The Labute approximate surface area is 173 Å². The number of rotatable bonds is 6. The molecule has 2 aromatic carbocycles. The summed E-state index contributed by atoms with van der Waals surface area (Å²) >= 11 is 3.39. The van der Waals surface area contributed by atoms with E-state index in [1.807, 2.05) is 42.2 Å². The van der Waals surface area contributed by atoms with Crippen molar-refractivity contribution in [1.29, 1.82) is 0 Å². The molecule has 0 N–H and O–H groups in total. The summed E-state index contributed by atoms with van der Waals surface area (Å²) in [5.74, 6) is 2.05. The van der Waals surface area contributed by atoms with Gasteiger partial charge in [-0.3, -0.25) is 4.79 Å². The van der Waals surface area contributed by atoms with Crippen molar-refractivity contribution in [3.05, 3.63) is 53.5 Å². The van der Waals surface area contributed by atoms with Crippen LogP contribution in [0.1, 0.15) is 30.7 Å². The number of hydrogen-bond donors (Lipinski definition) is 0. The lowest BCUT2D eigenvalue weighted by molar-refractivity contribution is -0.129. The first kappa shape index (κ1) is 19.3. The molecule has 1 saturated heterocycles. The minimum atomic E-state index is 0.224. The zero-order valence-electron chi connectivity index (χ0n) is 16.0. The Kier molecular flexibility index (Phi) is 6.17. The number of hydrogen-bond acceptors (Lipinski definition) is 5. The Balaban J connectivity index is 1.27. The molecular weight excluding hydrogens is 388 g/mol. The summed E-state index contributed by atoms with van der Waals surface area (Å²) in [6, 6.07) is 16.3. The first-order chi connectivity index (χ1) is 13.7. The van der Waals surface area contributed by atoms with Crippen LogP contribution in [0.5, 0.6) is 5.75 Å². The Morgan fingerprint density at radius 1 is 1.18 bits per heavy atom. The summed E-state index contributed by atoms with van der Waals surface area (Å²) in [7, 11) is 0. The summed E-state index contributed by atoms with van der Waals surface area (Å²) in [5, 5.41) is 1.22. The van der Waals surface area contributed by atoms with Crippen molar-refractivity contribution in [2.45, 2.75) is 30.6 Å². The molecule has 4 nitrogen and oxygen atoms in total. The fourth-order valence-electron chi connectivity index (χ4n) is 3.48. The molecule has 0 atom stereocenters. The highest BCUT2D eigenvalue weighted by atomic mass is 32.2. The van der Waals surface area contributed by atoms with Crippen molar-refractivity contribution in [3.8, 4) is 5.75 Å².